The number of methoxy groups -OCH3 is 2. The van der Waals surface area contributed by atoms with Crippen molar-refractivity contribution in [1.82, 2.24) is 89.7 Å². The number of esters is 2. The van der Waals surface area contributed by atoms with Crippen molar-refractivity contribution in [2.45, 2.75) is 112 Å². The Morgan fingerprint density at radius 2 is 0.777 bits per heavy atom. The summed E-state index contributed by atoms with van der Waals surface area (Å²) in [5.41, 5.74) is 8.98. The summed E-state index contributed by atoms with van der Waals surface area (Å²) in [6.07, 6.45) is -1.95. The van der Waals surface area contributed by atoms with Crippen LogP contribution < -0.4 is 46.3 Å². The van der Waals surface area contributed by atoms with Gasteiger partial charge in [-0.2, -0.15) is 41.3 Å². The first-order valence-corrected chi connectivity index (χ1v) is 53.7. The van der Waals surface area contributed by atoms with Gasteiger partial charge in [0.25, 0.3) is 0 Å². The maximum absolute atomic E-state index is 13.6. The van der Waals surface area contributed by atoms with Crippen LogP contribution in [0.3, 0.4) is 0 Å². The number of aliphatic hydroxyl groups excluding tert-OH is 1. The minimum atomic E-state index is -4.71. The van der Waals surface area contributed by atoms with Gasteiger partial charge in [0.05, 0.1) is 157 Å². The molecule has 7 aliphatic heterocycles. The molecule has 0 unspecified atom stereocenters. The Balaban J connectivity index is 0.000000175. The minimum absolute atomic E-state index is 0. The van der Waals surface area contributed by atoms with Crippen molar-refractivity contribution < 1.29 is 113 Å². The highest BCUT2D eigenvalue weighted by Gasteiger charge is 2.58. The Hall–Kier alpha value is -9.49. The fourth-order valence-corrected chi connectivity index (χ4v) is 19.4. The first kappa shape index (κ1) is 120. The molecule has 5 N–H and O–H groups in total. The zero-order valence-electron chi connectivity index (χ0n) is 80.4. The van der Waals surface area contributed by atoms with Gasteiger partial charge < -0.3 is 93.2 Å². The number of nitrogens with zero attached hydrogens (tertiary/aromatic N) is 24. The second kappa shape index (κ2) is 52.7. The first-order valence-electron chi connectivity index (χ1n) is 44.7. The van der Waals surface area contributed by atoms with Crippen LogP contribution in [0.25, 0.3) is 11.4 Å². The summed E-state index contributed by atoms with van der Waals surface area (Å²) in [4.78, 5) is 104. The average Bonchev–Trinajstić information content (AvgIpc) is 1.57. The third-order valence-electron chi connectivity index (χ3n) is 23.2. The van der Waals surface area contributed by atoms with Crippen LogP contribution in [0.1, 0.15) is 122 Å². The van der Waals surface area contributed by atoms with E-state index in [1.165, 1.54) is 20.5 Å². The smallest absolute Gasteiger partial charge is 0.464 e. The van der Waals surface area contributed by atoms with E-state index in [4.69, 9.17) is 147 Å². The fraction of sp³-hybridized carbons (Fsp3) is 0.553. The topological polar surface area (TPSA) is 553 Å². The number of hydrogen-bond donors (Lipinski definition) is 3. The number of sulfone groups is 3. The number of nitrogen functional groups attached to an aromatic ring is 2. The van der Waals surface area contributed by atoms with E-state index < -0.39 is 98.8 Å². The molecule has 9 aliphatic rings. The molecule has 810 valence electrons. The second-order valence-electron chi connectivity index (χ2n) is 34.1. The molecule has 9 aromatic rings. The Morgan fingerprint density at radius 1 is 0.432 bits per heavy atom. The van der Waals surface area contributed by atoms with E-state index in [-0.39, 0.29) is 96.7 Å². The Labute approximate surface area is 888 Å². The van der Waals surface area contributed by atoms with Crippen LogP contribution in [-0.4, -0.2) is 341 Å². The van der Waals surface area contributed by atoms with Gasteiger partial charge in [-0.05, 0) is 141 Å². The van der Waals surface area contributed by atoms with E-state index in [0.29, 0.717) is 177 Å². The number of rotatable bonds is 18. The van der Waals surface area contributed by atoms with Crippen LogP contribution in [-0.2, 0) is 117 Å². The number of aliphatic hydroxyl groups is 1. The van der Waals surface area contributed by atoms with E-state index in [1.54, 1.807) is 58.0 Å². The van der Waals surface area contributed by atoms with E-state index in [9.17, 15) is 61.2 Å². The lowest BCUT2D eigenvalue weighted by atomic mass is 9.78. The van der Waals surface area contributed by atoms with Gasteiger partial charge in [0.15, 0.2) is 41.0 Å². The van der Waals surface area contributed by atoms with Crippen molar-refractivity contribution in [3.8, 4) is 11.4 Å². The number of carbonyl (C=O) groups excluding carboxylic acids is 2. The molecule has 9 aromatic heterocycles. The van der Waals surface area contributed by atoms with Gasteiger partial charge in [-0.1, -0.05) is 7.43 Å². The highest BCUT2D eigenvalue weighted by Crippen LogP contribution is 2.54. The number of ether oxygens (including phenoxy) is 8. The Kier molecular flexibility index (Phi) is 42.9. The number of aromatic nitrogens is 18. The van der Waals surface area contributed by atoms with Gasteiger partial charge in [-0.3, -0.25) is 0 Å². The number of hydrogen-bond acceptors (Lipinski definition) is 45. The highest BCUT2D eigenvalue weighted by atomic mass is 35.5. The number of pyridine rings is 1. The lowest BCUT2D eigenvalue weighted by Gasteiger charge is -2.32. The molecular formula is C85H107BCl8F6N26O19S3. The normalized spacial score (nSPS) is 17.7. The van der Waals surface area contributed by atoms with Crippen LogP contribution >= 0.6 is 92.8 Å². The molecule has 2 saturated carbocycles. The number of alkyl halides is 7. The molecule has 148 heavy (non-hydrogen) atoms. The molecule has 16 heterocycles. The summed E-state index contributed by atoms with van der Waals surface area (Å²) in [5, 5.41) is 9.32. The van der Waals surface area contributed by atoms with Gasteiger partial charge >= 0.3 is 31.4 Å². The van der Waals surface area contributed by atoms with Gasteiger partial charge in [0.1, 0.15) is 55.9 Å². The highest BCUT2D eigenvalue weighted by molar-refractivity contribution is 7.92. The lowest BCUT2D eigenvalue weighted by Crippen LogP contribution is -2.41. The van der Waals surface area contributed by atoms with Crippen LogP contribution in [0.4, 0.5) is 73.0 Å². The number of carbonyl (C=O) groups is 2. The number of anilines is 8. The second-order valence-corrected chi connectivity index (χ2v) is 43.5. The predicted octanol–water partition coefficient (Wildman–Crippen LogP) is 9.42. The Morgan fingerprint density at radius 3 is 1.14 bits per heavy atom. The summed E-state index contributed by atoms with van der Waals surface area (Å²) in [6.45, 7) is 22.8. The summed E-state index contributed by atoms with van der Waals surface area (Å²) in [6, 6.07) is 10.9. The Bertz CT molecular complexity index is 6320. The molecule has 2 aliphatic carbocycles. The quantitative estimate of drug-likeness (QED) is 0.0236. The van der Waals surface area contributed by atoms with E-state index in [0.717, 1.165) is 101 Å². The van der Waals surface area contributed by atoms with Gasteiger partial charge in [-0.25, -0.2) is 110 Å². The predicted molar refractivity (Wildman–Crippen MR) is 540 cm³/mol. The third kappa shape index (κ3) is 33.8. The van der Waals surface area contributed by atoms with Crippen LogP contribution in [0.5, 0.6) is 0 Å². The molecule has 0 amide bonds. The van der Waals surface area contributed by atoms with Crippen molar-refractivity contribution in [3.63, 3.8) is 0 Å². The molecule has 18 rings (SSSR count). The minimum Gasteiger partial charge on any atom is -0.464 e. The van der Waals surface area contributed by atoms with Crippen LogP contribution in [0.2, 0.25) is 37.0 Å². The molecule has 63 heteroatoms. The number of halogens is 14. The molecule has 0 spiro atoms. The van der Waals surface area contributed by atoms with Crippen molar-refractivity contribution in [1.29, 1.82) is 0 Å². The lowest BCUT2D eigenvalue weighted by molar-refractivity contribution is -0.140. The van der Waals surface area contributed by atoms with Crippen molar-refractivity contribution in [2.24, 2.45) is 0 Å². The van der Waals surface area contributed by atoms with Crippen LogP contribution in [0, 0.1) is 0 Å². The summed E-state index contributed by atoms with van der Waals surface area (Å²) in [5.74, 6) is 1.70. The first-order chi connectivity index (χ1) is 69.2. The molecule has 0 radical (unpaired) electrons. The monoisotopic (exact) mass is 2300 g/mol. The largest absolute Gasteiger partial charge is 0.498 e. The van der Waals surface area contributed by atoms with E-state index >= 15 is 0 Å². The molecule has 45 nitrogen and oxygen atoms in total. The van der Waals surface area contributed by atoms with Gasteiger partial charge in [-0.15, -0.1) is 11.6 Å². The van der Waals surface area contributed by atoms with Crippen molar-refractivity contribution in [3.05, 3.63) is 143 Å². The maximum Gasteiger partial charge on any atom is 0.498 e. The zero-order chi connectivity index (χ0) is 107. The van der Waals surface area contributed by atoms with Crippen LogP contribution in [0.15, 0.2) is 54.9 Å². The van der Waals surface area contributed by atoms with E-state index in [2.05, 4.69) is 109 Å². The average molecular weight is 2300 g/mol. The maximum atomic E-state index is 13.6. The molecule has 9 fully saturated rings. The van der Waals surface area contributed by atoms with E-state index in [1.807, 2.05) is 25.7 Å². The SMILES string of the molecule is C.CC1(C)OB(c2cnc(N)nc2C(F)(F)F)OC1(C)C.COC(=O)c1cc(N2CCOCC2)nc(Cl)n1.COC(=O)c1nc(Cl)nc(Cl)n1.CS(=O)(=O)C1(c2cc(N3CCOCC3)nc(-c3cnc(N)cc3C(F)(F)F)n2)CC1.CS(=O)(=O)C1(c2cc(N3CCOCC3)nc(Cl)n2)CC1.CS(=O)(=O)Cc1cc(N2CCOCC2)nc(Cl)n1.ClCc1cc(N2CCOCC2)nc(Cl)n1.OCc1cc(N2CCOCC2)nc(Cl)n1. The van der Waals surface area contributed by atoms with Gasteiger partial charge in [0.2, 0.25) is 48.8 Å². The van der Waals surface area contributed by atoms with Crippen molar-refractivity contribution >= 4 is 194 Å². The number of nitrogens with two attached hydrogens (primary N) is 2. The molecular weight excluding hydrogens is 2190 g/mol. The fourth-order valence-electron chi connectivity index (χ4n) is 14.6. The summed E-state index contributed by atoms with van der Waals surface area (Å²) in [7, 11) is -8.54. The molecule has 0 aromatic carbocycles. The summed E-state index contributed by atoms with van der Waals surface area (Å²) >= 11 is 45.7. The van der Waals surface area contributed by atoms with Crippen molar-refractivity contribution in [2.75, 3.05) is 232 Å². The molecule has 0 bridgehead atoms. The summed E-state index contributed by atoms with van der Waals surface area (Å²) < 4.78 is 201. The third-order valence-corrected chi connectivity index (χ3v) is 29.6. The zero-order valence-corrected chi connectivity index (χ0v) is 88.9. The molecule has 7 saturated heterocycles. The molecule has 0 atom stereocenters. The number of morpholine rings is 6. The standard InChI is InChI=1S/C18H20F3N5O3S.C12H16ClN3O3S.C11H15BF3N3O2.C10H14ClN3O3S.C10H12ClN3O3.C9H11Cl2N3O.C9H12ClN3O2.C5H3Cl2N3O2.CH4/c1-30(27,28)17(2-3-17)13-9-15(26-4-6-29-7-5-26)25-16(24-13)11-10-23-14(22)8-12(11)18(19,20)21;1-20(17,18)12(2-3-12)9-8-10(15-11(13)14-9)16-4-6-19-7-5-16;1-9(2)10(3,4)20-12(19-9)6-5-17-8(16)18-7(6)11(13,14)15;1-18(15,16)7-8-6-9(13-10(11)12-8)14-2-4-17-5-3-14;1-16-9(15)7-6-8(13-10(11)12-7)14-2-4-17-5-3-14;10-6-7-5-8(13-9(11)12-7)14-1-3-15-4-2-14;10-9-11-7(6-14)5-8(12-9)13-1-3-15-4-2-13;1-12-3(11)2-8-4(6)10-5(7)9-2;/h8-10H,2-7H2,1H3,(H2,22,23);8H,2-7H2,1H3;5H,1-4H3,(H2,16,17,18);6H,2-5,7H2,1H3;6H,2-5H2,1H3;5H,1-4,6H2;5,14H,1-4,6H2;1H3;1H4. The van der Waals surface area contributed by atoms with Gasteiger partial charge in [0, 0.05) is 157 Å².